The zero-order valence-electron chi connectivity index (χ0n) is 17.5. The van der Waals surface area contributed by atoms with Crippen LogP contribution in [0.1, 0.15) is 76.7 Å². The van der Waals surface area contributed by atoms with Gasteiger partial charge >= 0.3 is 0 Å². The van der Waals surface area contributed by atoms with Crippen molar-refractivity contribution in [3.63, 3.8) is 0 Å². The summed E-state index contributed by atoms with van der Waals surface area (Å²) in [5, 5.41) is 3.66. The fraction of sp³-hybridized carbons (Fsp3) is 0.708. The number of ether oxygens (including phenoxy) is 2. The van der Waals surface area contributed by atoms with Crippen molar-refractivity contribution in [2.75, 3.05) is 13.2 Å². The van der Waals surface area contributed by atoms with E-state index in [2.05, 4.69) is 18.3 Å². The summed E-state index contributed by atoms with van der Waals surface area (Å²) in [5.74, 6) is 1.86. The van der Waals surface area contributed by atoms with E-state index in [0.29, 0.717) is 12.5 Å². The quantitative estimate of drug-likeness (QED) is 0.578. The predicted molar refractivity (Wildman–Crippen MR) is 113 cm³/mol. The molecule has 2 unspecified atom stereocenters. The largest absolute Gasteiger partial charge is 0.486 e. The van der Waals surface area contributed by atoms with Crippen molar-refractivity contribution in [2.45, 2.75) is 89.8 Å². The summed E-state index contributed by atoms with van der Waals surface area (Å²) >= 11 is 0. The highest BCUT2D eigenvalue weighted by molar-refractivity contribution is 5.80. The van der Waals surface area contributed by atoms with E-state index >= 15 is 0 Å². The van der Waals surface area contributed by atoms with Crippen LogP contribution in [0.2, 0.25) is 0 Å². The smallest absolute Gasteiger partial charge is 0.170 e. The monoisotopic (exact) mass is 387 g/mol. The lowest BCUT2D eigenvalue weighted by Crippen LogP contribution is -2.28. The van der Waals surface area contributed by atoms with E-state index in [4.69, 9.17) is 9.47 Å². The van der Waals surface area contributed by atoms with Gasteiger partial charge in [0.15, 0.2) is 5.78 Å². The van der Waals surface area contributed by atoms with Gasteiger partial charge in [-0.05, 0) is 44.6 Å². The number of ketones is 1. The average molecular weight is 388 g/mol. The molecule has 28 heavy (non-hydrogen) atoms. The van der Waals surface area contributed by atoms with Crippen LogP contribution in [0.4, 0.5) is 0 Å². The zero-order valence-corrected chi connectivity index (χ0v) is 17.5. The third-order valence-electron chi connectivity index (χ3n) is 6.18. The van der Waals surface area contributed by atoms with E-state index in [0.717, 1.165) is 49.6 Å². The van der Waals surface area contributed by atoms with Gasteiger partial charge < -0.3 is 14.8 Å². The van der Waals surface area contributed by atoms with Crippen LogP contribution in [0.5, 0.6) is 5.75 Å². The van der Waals surface area contributed by atoms with Gasteiger partial charge in [-0.1, -0.05) is 50.3 Å². The van der Waals surface area contributed by atoms with Crippen molar-refractivity contribution in [3.05, 3.63) is 29.8 Å². The minimum atomic E-state index is 0.154. The first-order chi connectivity index (χ1) is 13.7. The molecule has 1 saturated heterocycles. The SMILES string of the molecule is CC(CC1CCCCC1)NCc1ccccc1OCC(=O)CCC1CCCO1. The van der Waals surface area contributed by atoms with Gasteiger partial charge in [0, 0.05) is 31.2 Å². The van der Waals surface area contributed by atoms with Crippen LogP contribution in [0.25, 0.3) is 0 Å². The lowest BCUT2D eigenvalue weighted by atomic mass is 9.85. The second kappa shape index (κ2) is 11.6. The molecule has 2 atom stereocenters. The lowest BCUT2D eigenvalue weighted by molar-refractivity contribution is -0.121. The minimum absolute atomic E-state index is 0.154. The first-order valence-corrected chi connectivity index (χ1v) is 11.3. The predicted octanol–water partition coefficient (Wildman–Crippen LogP) is 5.04. The number of benzene rings is 1. The zero-order chi connectivity index (χ0) is 19.6. The highest BCUT2D eigenvalue weighted by Crippen LogP contribution is 2.27. The Morgan fingerprint density at radius 1 is 1.18 bits per heavy atom. The van der Waals surface area contributed by atoms with Gasteiger partial charge in [0.2, 0.25) is 0 Å². The van der Waals surface area contributed by atoms with Gasteiger partial charge in [-0.25, -0.2) is 0 Å². The highest BCUT2D eigenvalue weighted by Gasteiger charge is 2.18. The first kappa shape index (κ1) is 21.3. The number of hydrogen-bond acceptors (Lipinski definition) is 4. The summed E-state index contributed by atoms with van der Waals surface area (Å²) in [7, 11) is 0. The van der Waals surface area contributed by atoms with Gasteiger partial charge in [-0.2, -0.15) is 0 Å². The molecular formula is C24H37NO3. The molecule has 2 fully saturated rings. The van der Waals surface area contributed by atoms with Gasteiger partial charge in [-0.15, -0.1) is 0 Å². The van der Waals surface area contributed by atoms with E-state index < -0.39 is 0 Å². The normalized spacial score (nSPS) is 21.5. The van der Waals surface area contributed by atoms with Gasteiger partial charge in [0.05, 0.1) is 6.10 Å². The Kier molecular flexibility index (Phi) is 8.81. The maximum absolute atomic E-state index is 12.2. The Morgan fingerprint density at radius 2 is 2.00 bits per heavy atom. The van der Waals surface area contributed by atoms with Crippen molar-refractivity contribution in [1.29, 1.82) is 0 Å². The molecule has 4 nitrogen and oxygen atoms in total. The number of hydrogen-bond donors (Lipinski definition) is 1. The molecule has 0 aromatic heterocycles. The van der Waals surface area contributed by atoms with Crippen LogP contribution in [0.3, 0.4) is 0 Å². The van der Waals surface area contributed by atoms with Crippen molar-refractivity contribution >= 4 is 5.78 Å². The molecule has 1 heterocycles. The molecule has 0 radical (unpaired) electrons. The van der Waals surface area contributed by atoms with Crippen LogP contribution in [0.15, 0.2) is 24.3 Å². The fourth-order valence-corrected chi connectivity index (χ4v) is 4.51. The number of para-hydroxylation sites is 1. The third kappa shape index (κ3) is 7.21. The summed E-state index contributed by atoms with van der Waals surface area (Å²) in [6, 6.07) is 8.57. The first-order valence-electron chi connectivity index (χ1n) is 11.3. The van der Waals surface area contributed by atoms with Gasteiger partial charge in [-0.3, -0.25) is 4.79 Å². The van der Waals surface area contributed by atoms with Crippen molar-refractivity contribution in [1.82, 2.24) is 5.32 Å². The molecule has 1 aliphatic heterocycles. The molecule has 1 aromatic carbocycles. The summed E-state index contributed by atoms with van der Waals surface area (Å²) < 4.78 is 11.5. The summed E-state index contributed by atoms with van der Waals surface area (Å²) in [5.41, 5.74) is 1.13. The molecule has 1 aliphatic carbocycles. The standard InChI is InChI=1S/C24H37NO3/c1-19(16-20-8-3-2-4-9-20)25-17-21-10-5-6-12-24(21)28-18-22(26)13-14-23-11-7-15-27-23/h5-6,10,12,19-20,23,25H,2-4,7-9,11,13-18H2,1H3. The van der Waals surface area contributed by atoms with Crippen LogP contribution in [0, 0.1) is 5.92 Å². The van der Waals surface area contributed by atoms with Gasteiger partial charge in [0.25, 0.3) is 0 Å². The Hall–Kier alpha value is -1.39. The minimum Gasteiger partial charge on any atom is -0.486 e. The van der Waals surface area contributed by atoms with E-state index in [1.807, 2.05) is 18.2 Å². The molecule has 4 heteroatoms. The fourth-order valence-electron chi connectivity index (χ4n) is 4.51. The molecular weight excluding hydrogens is 350 g/mol. The number of carbonyl (C=O) groups excluding carboxylic acids is 1. The number of rotatable bonds is 11. The maximum atomic E-state index is 12.2. The van der Waals surface area contributed by atoms with E-state index in [-0.39, 0.29) is 18.5 Å². The Morgan fingerprint density at radius 3 is 2.79 bits per heavy atom. The molecule has 2 aliphatic rings. The molecule has 0 bridgehead atoms. The second-order valence-electron chi connectivity index (χ2n) is 8.63. The van der Waals surface area contributed by atoms with Crippen molar-refractivity contribution < 1.29 is 14.3 Å². The molecule has 1 aromatic rings. The van der Waals surface area contributed by atoms with Crippen LogP contribution < -0.4 is 10.1 Å². The molecule has 0 amide bonds. The Bertz CT molecular complexity index is 591. The van der Waals surface area contributed by atoms with Crippen LogP contribution in [-0.2, 0) is 16.1 Å². The number of Topliss-reactive ketones (excluding diaryl/α,β-unsaturated/α-hetero) is 1. The Labute approximate surface area is 170 Å². The lowest BCUT2D eigenvalue weighted by Gasteiger charge is -2.25. The topological polar surface area (TPSA) is 47.6 Å². The van der Waals surface area contributed by atoms with E-state index in [1.165, 1.54) is 38.5 Å². The average Bonchev–Trinajstić information content (AvgIpc) is 3.24. The second-order valence-corrected chi connectivity index (χ2v) is 8.63. The number of nitrogens with one attached hydrogen (secondary N) is 1. The Balaban J connectivity index is 1.39. The summed E-state index contributed by atoms with van der Waals surface area (Å²) in [6.45, 7) is 4.07. The van der Waals surface area contributed by atoms with Crippen LogP contribution in [-0.4, -0.2) is 31.1 Å². The summed E-state index contributed by atoms with van der Waals surface area (Å²) in [6.07, 6.45) is 12.1. The molecule has 1 N–H and O–H groups in total. The van der Waals surface area contributed by atoms with E-state index in [1.54, 1.807) is 0 Å². The third-order valence-corrected chi connectivity index (χ3v) is 6.18. The van der Waals surface area contributed by atoms with E-state index in [9.17, 15) is 4.79 Å². The van der Waals surface area contributed by atoms with Gasteiger partial charge in [0.1, 0.15) is 12.4 Å². The number of carbonyl (C=O) groups is 1. The summed E-state index contributed by atoms with van der Waals surface area (Å²) in [4.78, 5) is 12.2. The molecule has 156 valence electrons. The molecule has 1 saturated carbocycles. The van der Waals surface area contributed by atoms with Crippen molar-refractivity contribution in [2.24, 2.45) is 5.92 Å². The maximum Gasteiger partial charge on any atom is 0.170 e. The molecule has 3 rings (SSSR count). The molecule has 0 spiro atoms. The van der Waals surface area contributed by atoms with Crippen LogP contribution >= 0.6 is 0 Å². The van der Waals surface area contributed by atoms with Crippen molar-refractivity contribution in [3.8, 4) is 5.75 Å². The highest BCUT2D eigenvalue weighted by atomic mass is 16.5.